The van der Waals surface area contributed by atoms with E-state index >= 15 is 0 Å². The SMILES string of the molecule is Cc1cc2c(cc1OCc1c(Cl)cccc1Cl)CCC2N1CC(C)C1. The molecule has 2 aliphatic rings. The van der Waals surface area contributed by atoms with Gasteiger partial charge in [-0.05, 0) is 60.6 Å². The number of hydrogen-bond acceptors (Lipinski definition) is 2. The number of likely N-dealkylation sites (tertiary alicyclic amines) is 1. The number of fused-ring (bicyclic) bond motifs is 1. The Labute approximate surface area is 159 Å². The maximum absolute atomic E-state index is 6.25. The molecule has 0 N–H and O–H groups in total. The van der Waals surface area contributed by atoms with E-state index < -0.39 is 0 Å². The number of halogens is 2. The summed E-state index contributed by atoms with van der Waals surface area (Å²) in [5.74, 6) is 1.78. The van der Waals surface area contributed by atoms with Crippen molar-refractivity contribution in [3.05, 3.63) is 62.6 Å². The second-order valence-electron chi connectivity index (χ2n) is 7.42. The van der Waals surface area contributed by atoms with Gasteiger partial charge < -0.3 is 4.74 Å². The highest BCUT2D eigenvalue weighted by Crippen LogP contribution is 2.41. The lowest BCUT2D eigenvalue weighted by Crippen LogP contribution is -2.46. The summed E-state index contributed by atoms with van der Waals surface area (Å²) in [4.78, 5) is 2.61. The lowest BCUT2D eigenvalue weighted by atomic mass is 9.96. The number of benzene rings is 2. The molecule has 25 heavy (non-hydrogen) atoms. The summed E-state index contributed by atoms with van der Waals surface area (Å²) in [5, 5.41) is 1.30. The van der Waals surface area contributed by atoms with Gasteiger partial charge in [0.15, 0.2) is 0 Å². The fourth-order valence-electron chi connectivity index (χ4n) is 4.08. The van der Waals surface area contributed by atoms with Crippen molar-refractivity contribution in [2.24, 2.45) is 5.92 Å². The minimum atomic E-state index is 0.394. The van der Waals surface area contributed by atoms with Crippen LogP contribution in [0.2, 0.25) is 10.0 Å². The van der Waals surface area contributed by atoms with Gasteiger partial charge in [-0.25, -0.2) is 0 Å². The molecule has 1 unspecified atom stereocenters. The minimum Gasteiger partial charge on any atom is -0.489 e. The van der Waals surface area contributed by atoms with Crippen molar-refractivity contribution in [1.29, 1.82) is 0 Å². The molecule has 1 atom stereocenters. The Kier molecular flexibility index (Phi) is 4.70. The number of aryl methyl sites for hydroxylation is 2. The van der Waals surface area contributed by atoms with E-state index in [2.05, 4.69) is 30.9 Å². The van der Waals surface area contributed by atoms with Crippen LogP contribution in [-0.2, 0) is 13.0 Å². The van der Waals surface area contributed by atoms with E-state index in [0.29, 0.717) is 22.7 Å². The molecule has 4 rings (SSSR count). The Bertz CT molecular complexity index is 778. The largest absolute Gasteiger partial charge is 0.489 e. The smallest absolute Gasteiger partial charge is 0.123 e. The summed E-state index contributed by atoms with van der Waals surface area (Å²) in [6.07, 6.45) is 2.36. The van der Waals surface area contributed by atoms with Crippen LogP contribution in [0.5, 0.6) is 5.75 Å². The van der Waals surface area contributed by atoms with Crippen molar-refractivity contribution >= 4 is 23.2 Å². The van der Waals surface area contributed by atoms with Gasteiger partial charge >= 0.3 is 0 Å². The minimum absolute atomic E-state index is 0.394. The summed E-state index contributed by atoms with van der Waals surface area (Å²) in [7, 11) is 0. The van der Waals surface area contributed by atoms with Gasteiger partial charge in [0.1, 0.15) is 12.4 Å². The topological polar surface area (TPSA) is 12.5 Å². The van der Waals surface area contributed by atoms with Gasteiger partial charge in [0.25, 0.3) is 0 Å². The molecule has 4 heteroatoms. The van der Waals surface area contributed by atoms with Gasteiger partial charge in [-0.3, -0.25) is 4.90 Å². The summed E-state index contributed by atoms with van der Waals surface area (Å²) in [6, 6.07) is 10.7. The van der Waals surface area contributed by atoms with Crippen LogP contribution in [0.25, 0.3) is 0 Å². The van der Waals surface area contributed by atoms with Crippen molar-refractivity contribution in [3.8, 4) is 5.75 Å². The van der Waals surface area contributed by atoms with Crippen molar-refractivity contribution in [2.45, 2.75) is 39.3 Å². The lowest BCUT2D eigenvalue weighted by molar-refractivity contribution is 0.0624. The first-order valence-electron chi connectivity index (χ1n) is 8.96. The van der Waals surface area contributed by atoms with Crippen molar-refractivity contribution in [3.63, 3.8) is 0 Å². The molecule has 0 amide bonds. The maximum Gasteiger partial charge on any atom is 0.123 e. The van der Waals surface area contributed by atoms with Crippen molar-refractivity contribution < 1.29 is 4.74 Å². The van der Waals surface area contributed by atoms with Crippen LogP contribution < -0.4 is 4.74 Å². The molecule has 1 aliphatic heterocycles. The average molecular weight is 376 g/mol. The Morgan fingerprint density at radius 1 is 1.16 bits per heavy atom. The quantitative estimate of drug-likeness (QED) is 0.667. The van der Waals surface area contributed by atoms with Gasteiger partial charge in [-0.1, -0.05) is 42.3 Å². The van der Waals surface area contributed by atoms with Gasteiger partial charge in [-0.2, -0.15) is 0 Å². The molecular weight excluding hydrogens is 353 g/mol. The molecule has 2 nitrogen and oxygen atoms in total. The molecule has 0 saturated carbocycles. The van der Waals surface area contributed by atoms with Crippen LogP contribution in [-0.4, -0.2) is 18.0 Å². The molecule has 0 aromatic heterocycles. The molecule has 0 radical (unpaired) electrons. The molecule has 0 spiro atoms. The third-order valence-corrected chi connectivity index (χ3v) is 6.16. The summed E-state index contributed by atoms with van der Waals surface area (Å²) >= 11 is 12.5. The fraction of sp³-hybridized carbons (Fsp3) is 0.429. The van der Waals surface area contributed by atoms with Crippen LogP contribution in [0.1, 0.15) is 41.6 Å². The van der Waals surface area contributed by atoms with E-state index in [1.807, 2.05) is 18.2 Å². The van der Waals surface area contributed by atoms with Crippen molar-refractivity contribution in [2.75, 3.05) is 13.1 Å². The van der Waals surface area contributed by atoms with Crippen LogP contribution >= 0.6 is 23.2 Å². The van der Waals surface area contributed by atoms with Gasteiger partial charge in [-0.15, -0.1) is 0 Å². The molecular formula is C21H23Cl2NO. The van der Waals surface area contributed by atoms with E-state index in [0.717, 1.165) is 23.7 Å². The van der Waals surface area contributed by atoms with Gasteiger partial charge in [0, 0.05) is 34.7 Å². The number of rotatable bonds is 4. The number of hydrogen-bond donors (Lipinski definition) is 0. The van der Waals surface area contributed by atoms with E-state index in [1.54, 1.807) is 0 Å². The van der Waals surface area contributed by atoms with Gasteiger partial charge in [0.2, 0.25) is 0 Å². The highest BCUT2D eigenvalue weighted by molar-refractivity contribution is 6.35. The monoisotopic (exact) mass is 375 g/mol. The Morgan fingerprint density at radius 3 is 2.56 bits per heavy atom. The summed E-state index contributed by atoms with van der Waals surface area (Å²) < 4.78 is 6.08. The maximum atomic E-state index is 6.25. The molecule has 1 heterocycles. The Morgan fingerprint density at radius 2 is 1.88 bits per heavy atom. The zero-order valence-corrected chi connectivity index (χ0v) is 16.2. The van der Waals surface area contributed by atoms with Crippen molar-refractivity contribution in [1.82, 2.24) is 4.90 Å². The first-order chi connectivity index (χ1) is 12.0. The first-order valence-corrected chi connectivity index (χ1v) is 9.71. The highest BCUT2D eigenvalue weighted by Gasteiger charge is 2.34. The lowest BCUT2D eigenvalue weighted by Gasteiger charge is -2.42. The zero-order valence-electron chi connectivity index (χ0n) is 14.7. The third-order valence-electron chi connectivity index (χ3n) is 5.45. The molecule has 2 aromatic carbocycles. The van der Waals surface area contributed by atoms with Gasteiger partial charge in [0.05, 0.1) is 0 Å². The predicted octanol–water partition coefficient (Wildman–Crippen LogP) is 5.82. The number of ether oxygens (including phenoxy) is 1. The molecule has 0 bridgehead atoms. The van der Waals surface area contributed by atoms with E-state index in [9.17, 15) is 0 Å². The predicted molar refractivity (Wildman–Crippen MR) is 104 cm³/mol. The third kappa shape index (κ3) is 3.28. The molecule has 132 valence electrons. The zero-order chi connectivity index (χ0) is 17.6. The standard InChI is InChI=1S/C21H23Cl2NO/c1-13-10-24(11-13)20-7-6-15-9-21(14(2)8-16(15)20)25-12-17-18(22)4-3-5-19(17)23/h3-5,8-9,13,20H,6-7,10-12H2,1-2H3. The molecule has 1 saturated heterocycles. The Balaban J connectivity index is 1.52. The first kappa shape index (κ1) is 17.2. The fourth-order valence-corrected chi connectivity index (χ4v) is 4.59. The second-order valence-corrected chi connectivity index (χ2v) is 8.23. The molecule has 2 aromatic rings. The van der Waals surface area contributed by atoms with Crippen LogP contribution in [0.4, 0.5) is 0 Å². The highest BCUT2D eigenvalue weighted by atomic mass is 35.5. The Hall–Kier alpha value is -1.22. The average Bonchev–Trinajstić information content (AvgIpc) is 2.93. The molecule has 1 fully saturated rings. The molecule has 1 aliphatic carbocycles. The van der Waals surface area contributed by atoms with E-state index in [1.165, 1.54) is 36.2 Å². The van der Waals surface area contributed by atoms with Crippen LogP contribution in [0.15, 0.2) is 30.3 Å². The summed E-state index contributed by atoms with van der Waals surface area (Å²) in [5.41, 5.74) is 4.95. The van der Waals surface area contributed by atoms with Crippen LogP contribution in [0.3, 0.4) is 0 Å². The summed E-state index contributed by atoms with van der Waals surface area (Å²) in [6.45, 7) is 7.30. The van der Waals surface area contributed by atoms with E-state index in [-0.39, 0.29) is 0 Å². The van der Waals surface area contributed by atoms with Crippen LogP contribution in [0, 0.1) is 12.8 Å². The van der Waals surface area contributed by atoms with E-state index in [4.69, 9.17) is 27.9 Å². The second kappa shape index (κ2) is 6.83. The number of nitrogens with zero attached hydrogens (tertiary/aromatic N) is 1. The normalized spacial score (nSPS) is 20.4.